The largest absolute Gasteiger partial charge is 0.496 e. The van der Waals surface area contributed by atoms with Gasteiger partial charge in [0.15, 0.2) is 0 Å². The molecule has 4 nitrogen and oxygen atoms in total. The molecule has 0 aliphatic carbocycles. The van der Waals surface area contributed by atoms with Crippen LogP contribution in [0.1, 0.15) is 5.56 Å². The number of benzene rings is 1. The molecule has 0 spiro atoms. The lowest BCUT2D eigenvalue weighted by Crippen LogP contribution is -2.52. The first-order valence-electron chi connectivity index (χ1n) is 5.49. The summed E-state index contributed by atoms with van der Waals surface area (Å²) in [6.07, 6.45) is 2.87. The van der Waals surface area contributed by atoms with Gasteiger partial charge in [0.25, 0.3) is 0 Å². The number of methoxy groups -OCH3 is 1. The van der Waals surface area contributed by atoms with Crippen LogP contribution in [-0.4, -0.2) is 42.2 Å². The van der Waals surface area contributed by atoms with E-state index in [-0.39, 0.29) is 12.0 Å². The first-order valence-corrected chi connectivity index (χ1v) is 5.49. The fraction of sp³-hybridized carbons (Fsp3) is 0.308. The Kier molecular flexibility index (Phi) is 3.44. The van der Waals surface area contributed by atoms with Crippen LogP contribution in [-0.2, 0) is 4.79 Å². The smallest absolute Gasteiger partial charge is 0.246 e. The SMILES string of the molecule is COc1ccccc1/C=C/C(=O)N1CC(O)C1. The summed E-state index contributed by atoms with van der Waals surface area (Å²) in [6, 6.07) is 7.49. The quantitative estimate of drug-likeness (QED) is 0.789. The van der Waals surface area contributed by atoms with E-state index in [1.54, 1.807) is 18.1 Å². The van der Waals surface area contributed by atoms with E-state index in [0.717, 1.165) is 11.3 Å². The average molecular weight is 233 g/mol. The number of nitrogens with zero attached hydrogens (tertiary/aromatic N) is 1. The molecule has 1 aromatic carbocycles. The van der Waals surface area contributed by atoms with Gasteiger partial charge in [-0.2, -0.15) is 0 Å². The molecule has 1 aliphatic rings. The van der Waals surface area contributed by atoms with E-state index in [1.807, 2.05) is 24.3 Å². The number of aliphatic hydroxyl groups excluding tert-OH is 1. The molecular formula is C13H15NO3. The number of carbonyl (C=O) groups excluding carboxylic acids is 1. The molecule has 1 aliphatic heterocycles. The molecule has 0 bridgehead atoms. The lowest BCUT2D eigenvalue weighted by Gasteiger charge is -2.34. The topological polar surface area (TPSA) is 49.8 Å². The molecule has 0 radical (unpaired) electrons. The Morgan fingerprint density at radius 3 is 2.82 bits per heavy atom. The highest BCUT2D eigenvalue weighted by Gasteiger charge is 2.26. The molecule has 0 aromatic heterocycles. The van der Waals surface area contributed by atoms with Crippen molar-refractivity contribution in [2.75, 3.05) is 20.2 Å². The second-order valence-electron chi connectivity index (χ2n) is 3.97. The Bertz CT molecular complexity index is 436. The summed E-state index contributed by atoms with van der Waals surface area (Å²) in [5.74, 6) is 0.654. The molecule has 17 heavy (non-hydrogen) atoms. The van der Waals surface area contributed by atoms with Gasteiger partial charge >= 0.3 is 0 Å². The van der Waals surface area contributed by atoms with E-state index in [2.05, 4.69) is 0 Å². The van der Waals surface area contributed by atoms with Crippen molar-refractivity contribution in [1.29, 1.82) is 0 Å². The Morgan fingerprint density at radius 1 is 1.47 bits per heavy atom. The molecule has 1 N–H and O–H groups in total. The second kappa shape index (κ2) is 5.01. The number of amides is 1. The van der Waals surface area contributed by atoms with Crippen LogP contribution in [0.5, 0.6) is 5.75 Å². The summed E-state index contributed by atoms with van der Waals surface area (Å²) in [6.45, 7) is 0.851. The van der Waals surface area contributed by atoms with Gasteiger partial charge in [-0.3, -0.25) is 4.79 Å². The maximum absolute atomic E-state index is 11.6. The zero-order valence-electron chi connectivity index (χ0n) is 9.67. The van der Waals surface area contributed by atoms with Crippen LogP contribution in [0.4, 0.5) is 0 Å². The number of rotatable bonds is 3. The lowest BCUT2D eigenvalue weighted by molar-refractivity contribution is -0.135. The molecule has 1 aromatic rings. The highest BCUT2D eigenvalue weighted by atomic mass is 16.5. The minimum Gasteiger partial charge on any atom is -0.496 e. The van der Waals surface area contributed by atoms with Gasteiger partial charge in [0.05, 0.1) is 13.2 Å². The molecule has 90 valence electrons. The van der Waals surface area contributed by atoms with Crippen LogP contribution in [0.3, 0.4) is 0 Å². The first-order chi connectivity index (χ1) is 8.20. The molecule has 1 heterocycles. The van der Waals surface area contributed by atoms with Crippen molar-refractivity contribution in [3.8, 4) is 5.75 Å². The van der Waals surface area contributed by atoms with E-state index < -0.39 is 0 Å². The van der Waals surface area contributed by atoms with Gasteiger partial charge in [0.1, 0.15) is 5.75 Å². The standard InChI is InChI=1S/C13H15NO3/c1-17-12-5-3-2-4-10(12)6-7-13(16)14-8-11(15)9-14/h2-7,11,15H,8-9H2,1H3/b7-6+. The molecule has 0 atom stereocenters. The van der Waals surface area contributed by atoms with Gasteiger partial charge in [0, 0.05) is 24.7 Å². The molecule has 1 fully saturated rings. The van der Waals surface area contributed by atoms with Crippen molar-refractivity contribution < 1.29 is 14.6 Å². The summed E-state index contributed by atoms with van der Waals surface area (Å²) >= 11 is 0. The summed E-state index contributed by atoms with van der Waals surface area (Å²) < 4.78 is 5.18. The average Bonchev–Trinajstić information content (AvgIpc) is 2.32. The van der Waals surface area contributed by atoms with E-state index >= 15 is 0 Å². The molecule has 0 unspecified atom stereocenters. The molecule has 0 saturated carbocycles. The third-order valence-corrected chi connectivity index (χ3v) is 2.72. The Balaban J connectivity index is 2.02. The fourth-order valence-electron chi connectivity index (χ4n) is 1.71. The van der Waals surface area contributed by atoms with Crippen LogP contribution >= 0.6 is 0 Å². The van der Waals surface area contributed by atoms with Crippen LogP contribution in [0.25, 0.3) is 6.08 Å². The van der Waals surface area contributed by atoms with E-state index in [1.165, 1.54) is 6.08 Å². The van der Waals surface area contributed by atoms with E-state index in [9.17, 15) is 4.79 Å². The van der Waals surface area contributed by atoms with Crippen LogP contribution in [0, 0.1) is 0 Å². The number of hydrogen-bond acceptors (Lipinski definition) is 3. The van der Waals surface area contributed by atoms with Gasteiger partial charge in [-0.05, 0) is 12.1 Å². The number of carbonyl (C=O) groups is 1. The fourth-order valence-corrected chi connectivity index (χ4v) is 1.71. The Morgan fingerprint density at radius 2 is 2.18 bits per heavy atom. The highest BCUT2D eigenvalue weighted by Crippen LogP contribution is 2.19. The molecule has 4 heteroatoms. The van der Waals surface area contributed by atoms with E-state index in [4.69, 9.17) is 9.84 Å². The Labute approximate surface area is 100 Å². The number of β-amino-alcohol motifs (C(OH)–C–C–N with tert-alkyl or cyclic N) is 1. The minimum absolute atomic E-state index is 0.0822. The van der Waals surface area contributed by atoms with Crippen molar-refractivity contribution >= 4 is 12.0 Å². The summed E-state index contributed by atoms with van der Waals surface area (Å²) in [7, 11) is 1.60. The van der Waals surface area contributed by atoms with Crippen molar-refractivity contribution in [2.45, 2.75) is 6.10 Å². The Hall–Kier alpha value is -1.81. The maximum atomic E-state index is 11.6. The number of likely N-dealkylation sites (tertiary alicyclic amines) is 1. The van der Waals surface area contributed by atoms with Gasteiger partial charge in [-0.15, -0.1) is 0 Å². The molecular weight excluding hydrogens is 218 g/mol. The minimum atomic E-state index is -0.362. The second-order valence-corrected chi connectivity index (χ2v) is 3.97. The predicted octanol–water partition coefficient (Wildman–Crippen LogP) is 0.911. The number of hydrogen-bond donors (Lipinski definition) is 1. The molecule has 2 rings (SSSR count). The number of para-hydroxylation sites is 1. The van der Waals surface area contributed by atoms with Gasteiger partial charge in [0.2, 0.25) is 5.91 Å². The van der Waals surface area contributed by atoms with E-state index in [0.29, 0.717) is 13.1 Å². The van der Waals surface area contributed by atoms with Crippen LogP contribution in [0.15, 0.2) is 30.3 Å². The lowest BCUT2D eigenvalue weighted by atomic mass is 10.1. The molecule has 1 saturated heterocycles. The van der Waals surface area contributed by atoms with Crippen LogP contribution in [0.2, 0.25) is 0 Å². The van der Waals surface area contributed by atoms with Gasteiger partial charge < -0.3 is 14.7 Å². The van der Waals surface area contributed by atoms with Crippen molar-refractivity contribution in [3.05, 3.63) is 35.9 Å². The summed E-state index contributed by atoms with van der Waals surface area (Å²) in [5, 5.41) is 9.10. The van der Waals surface area contributed by atoms with Crippen molar-refractivity contribution in [1.82, 2.24) is 4.90 Å². The normalized spacial score (nSPS) is 16.0. The zero-order chi connectivity index (χ0) is 12.3. The van der Waals surface area contributed by atoms with Crippen LogP contribution < -0.4 is 4.74 Å². The van der Waals surface area contributed by atoms with Gasteiger partial charge in [-0.25, -0.2) is 0 Å². The van der Waals surface area contributed by atoms with Crippen molar-refractivity contribution in [3.63, 3.8) is 0 Å². The third kappa shape index (κ3) is 2.65. The summed E-state index contributed by atoms with van der Waals surface area (Å²) in [4.78, 5) is 13.2. The maximum Gasteiger partial charge on any atom is 0.246 e. The highest BCUT2D eigenvalue weighted by molar-refractivity contribution is 5.92. The monoisotopic (exact) mass is 233 g/mol. The zero-order valence-corrected chi connectivity index (χ0v) is 9.67. The first kappa shape index (κ1) is 11.7. The summed E-state index contributed by atoms with van der Waals surface area (Å²) in [5.41, 5.74) is 0.865. The number of ether oxygens (including phenoxy) is 1. The van der Waals surface area contributed by atoms with Gasteiger partial charge in [-0.1, -0.05) is 18.2 Å². The predicted molar refractivity (Wildman–Crippen MR) is 64.6 cm³/mol. The van der Waals surface area contributed by atoms with Crippen molar-refractivity contribution in [2.24, 2.45) is 0 Å². The number of aliphatic hydroxyl groups is 1. The molecule has 1 amide bonds. The third-order valence-electron chi connectivity index (χ3n) is 2.72.